The van der Waals surface area contributed by atoms with Crippen molar-refractivity contribution in [2.45, 2.75) is 6.42 Å². The van der Waals surface area contributed by atoms with Crippen LogP contribution in [0.15, 0.2) is 58.3 Å². The summed E-state index contributed by atoms with van der Waals surface area (Å²) in [4.78, 5) is 38.0. The van der Waals surface area contributed by atoms with Crippen molar-refractivity contribution < 1.29 is 9.47 Å². The third-order valence-electron chi connectivity index (χ3n) is 5.78. The van der Waals surface area contributed by atoms with Crippen LogP contribution in [0.5, 0.6) is 11.5 Å². The highest BCUT2D eigenvalue weighted by Crippen LogP contribution is 2.27. The van der Waals surface area contributed by atoms with Crippen LogP contribution in [0.4, 0.5) is 5.95 Å². The van der Waals surface area contributed by atoms with Crippen molar-refractivity contribution in [3.8, 4) is 17.6 Å². The molecule has 2 aromatic carbocycles. The number of nitrogens with zero attached hydrogens (tertiary/aromatic N) is 4. The number of hydrogen-bond acceptors (Lipinski definition) is 8. The lowest BCUT2D eigenvalue weighted by Crippen LogP contribution is -2.23. The van der Waals surface area contributed by atoms with Gasteiger partial charge in [-0.1, -0.05) is 18.2 Å². The molecule has 3 heterocycles. The quantitative estimate of drug-likeness (QED) is 0.287. The van der Waals surface area contributed by atoms with Gasteiger partial charge in [0.05, 0.1) is 36.8 Å². The predicted molar refractivity (Wildman–Crippen MR) is 131 cm³/mol. The van der Waals surface area contributed by atoms with Gasteiger partial charge in [-0.15, -0.1) is 0 Å². The third-order valence-corrected chi connectivity index (χ3v) is 5.78. The monoisotopic (exact) mass is 468 g/mol. The van der Waals surface area contributed by atoms with Crippen molar-refractivity contribution >= 4 is 33.5 Å². The van der Waals surface area contributed by atoms with Gasteiger partial charge in [-0.05, 0) is 36.2 Å². The van der Waals surface area contributed by atoms with Gasteiger partial charge in [0.15, 0.2) is 11.5 Å². The van der Waals surface area contributed by atoms with E-state index >= 15 is 0 Å². The maximum atomic E-state index is 13.2. The minimum absolute atomic E-state index is 0.0107. The lowest BCUT2D eigenvalue weighted by atomic mass is 10.1. The fourth-order valence-corrected chi connectivity index (χ4v) is 4.06. The average Bonchev–Trinajstić information content (AvgIpc) is 2.89. The van der Waals surface area contributed by atoms with Crippen molar-refractivity contribution in [1.29, 1.82) is 5.26 Å². The van der Waals surface area contributed by atoms with E-state index in [1.807, 2.05) is 24.3 Å². The molecule has 0 radical (unpaired) electrons. The Labute approximate surface area is 198 Å². The molecule has 0 aliphatic carbocycles. The summed E-state index contributed by atoms with van der Waals surface area (Å²) >= 11 is 0. The molecule has 0 bridgehead atoms. The molecule has 0 fully saturated rings. The number of methoxy groups -OCH3 is 2. The fourth-order valence-electron chi connectivity index (χ4n) is 4.06. The van der Waals surface area contributed by atoms with Crippen LogP contribution in [0.2, 0.25) is 0 Å². The summed E-state index contributed by atoms with van der Waals surface area (Å²) < 4.78 is 11.9. The molecule has 5 rings (SSSR count). The third kappa shape index (κ3) is 3.69. The van der Waals surface area contributed by atoms with Crippen LogP contribution in [0.3, 0.4) is 0 Å². The van der Waals surface area contributed by atoms with Gasteiger partial charge in [-0.3, -0.25) is 14.0 Å². The Bertz CT molecular complexity index is 1770. The van der Waals surface area contributed by atoms with Crippen molar-refractivity contribution in [3.05, 3.63) is 80.4 Å². The summed E-state index contributed by atoms with van der Waals surface area (Å²) in [6.45, 7) is 0.478. The van der Waals surface area contributed by atoms with Gasteiger partial charge in [0.2, 0.25) is 11.4 Å². The Hall–Kier alpha value is -4.91. The van der Waals surface area contributed by atoms with Crippen molar-refractivity contribution in [3.63, 3.8) is 0 Å². The van der Waals surface area contributed by atoms with E-state index in [0.717, 1.165) is 5.56 Å². The van der Waals surface area contributed by atoms with Gasteiger partial charge in [-0.25, -0.2) is 9.97 Å². The maximum absolute atomic E-state index is 13.2. The molecule has 0 spiro atoms. The number of nitriles is 1. The lowest BCUT2D eigenvalue weighted by Gasteiger charge is -2.11. The number of nitrogens with one attached hydrogen (secondary N) is 2. The second-order valence-electron chi connectivity index (χ2n) is 7.77. The van der Waals surface area contributed by atoms with Crippen LogP contribution in [0.25, 0.3) is 27.6 Å². The molecule has 0 aliphatic rings. The number of fused-ring (bicyclic) bond motifs is 4. The number of aromatic amines is 1. The van der Waals surface area contributed by atoms with E-state index < -0.39 is 5.43 Å². The minimum Gasteiger partial charge on any atom is -0.493 e. The van der Waals surface area contributed by atoms with Crippen LogP contribution in [-0.2, 0) is 6.42 Å². The molecular weight excluding hydrogens is 448 g/mol. The zero-order valence-electron chi connectivity index (χ0n) is 19.0. The van der Waals surface area contributed by atoms with Crippen molar-refractivity contribution in [2.75, 3.05) is 26.1 Å². The molecule has 0 aliphatic heterocycles. The highest BCUT2D eigenvalue weighted by molar-refractivity contribution is 5.86. The molecular formula is C25H20N6O4. The summed E-state index contributed by atoms with van der Waals surface area (Å²) in [7, 11) is 3.16. The first-order valence-corrected chi connectivity index (χ1v) is 10.8. The van der Waals surface area contributed by atoms with Crippen LogP contribution >= 0.6 is 0 Å². The smallest absolute Gasteiger partial charge is 0.266 e. The number of benzene rings is 2. The highest BCUT2D eigenvalue weighted by Gasteiger charge is 2.18. The average molecular weight is 468 g/mol. The highest BCUT2D eigenvalue weighted by atomic mass is 16.5. The lowest BCUT2D eigenvalue weighted by molar-refractivity contribution is 0.354. The maximum Gasteiger partial charge on any atom is 0.266 e. The van der Waals surface area contributed by atoms with Gasteiger partial charge in [-0.2, -0.15) is 5.26 Å². The molecule has 10 nitrogen and oxygen atoms in total. The Morgan fingerprint density at radius 2 is 1.91 bits per heavy atom. The van der Waals surface area contributed by atoms with Crippen LogP contribution < -0.4 is 25.8 Å². The van der Waals surface area contributed by atoms with Gasteiger partial charge < -0.3 is 19.8 Å². The van der Waals surface area contributed by atoms with Gasteiger partial charge in [0, 0.05) is 6.54 Å². The Morgan fingerprint density at radius 1 is 1.11 bits per heavy atom. The van der Waals surface area contributed by atoms with Crippen LogP contribution in [0, 0.1) is 11.3 Å². The van der Waals surface area contributed by atoms with Crippen LogP contribution in [-0.4, -0.2) is 40.1 Å². The molecule has 174 valence electrons. The molecule has 2 N–H and O–H groups in total. The largest absolute Gasteiger partial charge is 0.493 e. The van der Waals surface area contributed by atoms with Gasteiger partial charge in [0.25, 0.3) is 5.56 Å². The predicted octanol–water partition coefficient (Wildman–Crippen LogP) is 2.63. The molecule has 10 heteroatoms. The number of ether oxygens (including phenoxy) is 2. The first-order chi connectivity index (χ1) is 17.0. The molecule has 0 amide bonds. The Morgan fingerprint density at radius 3 is 2.69 bits per heavy atom. The SMILES string of the molecule is COc1ccc(CCNc2ncc3c(n2)c(=O)c(C#N)c2[nH]c4ccccc4c(=O)n23)cc1OC. The summed E-state index contributed by atoms with van der Waals surface area (Å²) in [6, 6.07) is 14.5. The topological polar surface area (TPSA) is 134 Å². The van der Waals surface area contributed by atoms with E-state index in [2.05, 4.69) is 20.3 Å². The number of anilines is 1. The molecule has 0 saturated carbocycles. The zero-order valence-corrected chi connectivity index (χ0v) is 19.0. The normalized spacial score (nSPS) is 11.0. The van der Waals surface area contributed by atoms with Crippen molar-refractivity contribution in [1.82, 2.24) is 19.4 Å². The van der Waals surface area contributed by atoms with Crippen molar-refractivity contribution in [2.24, 2.45) is 0 Å². The summed E-state index contributed by atoms with van der Waals surface area (Å²) in [6.07, 6.45) is 2.05. The zero-order chi connectivity index (χ0) is 24.5. The van der Waals surface area contributed by atoms with E-state index in [4.69, 9.17) is 9.47 Å². The first kappa shape index (κ1) is 21.9. The van der Waals surface area contributed by atoms with E-state index in [-0.39, 0.29) is 33.8 Å². The summed E-state index contributed by atoms with van der Waals surface area (Å²) in [5.41, 5.74) is 0.744. The van der Waals surface area contributed by atoms with Gasteiger partial charge in [0.1, 0.15) is 22.8 Å². The van der Waals surface area contributed by atoms with E-state index in [9.17, 15) is 14.9 Å². The number of aromatic nitrogens is 4. The minimum atomic E-state index is -0.571. The summed E-state index contributed by atoms with van der Waals surface area (Å²) in [5.74, 6) is 1.50. The van der Waals surface area contributed by atoms with E-state index in [1.54, 1.807) is 38.5 Å². The molecule has 3 aromatic heterocycles. The molecule has 0 atom stereocenters. The van der Waals surface area contributed by atoms with Gasteiger partial charge >= 0.3 is 0 Å². The molecule has 5 aromatic rings. The number of H-pyrrole nitrogens is 1. The summed E-state index contributed by atoms with van der Waals surface area (Å²) in [5, 5.41) is 13.2. The number of pyridine rings is 1. The Balaban J connectivity index is 1.53. The standard InChI is InChI=1S/C25H20N6O4/c1-34-19-8-7-14(11-20(19)35-2)9-10-27-25-28-13-18-21(30-25)22(32)16(12-26)23-29-17-6-4-3-5-15(17)24(33)31(18)23/h3-8,11,13,29H,9-10H2,1-2H3,(H,27,28,30). The molecule has 0 unspecified atom stereocenters. The Kier molecular flexibility index (Phi) is 5.51. The second-order valence-corrected chi connectivity index (χ2v) is 7.77. The van der Waals surface area contributed by atoms with E-state index in [1.165, 1.54) is 10.6 Å². The number of hydrogen-bond donors (Lipinski definition) is 2. The van der Waals surface area contributed by atoms with E-state index in [0.29, 0.717) is 35.4 Å². The molecule has 0 saturated heterocycles. The second kappa shape index (κ2) is 8.79. The molecule has 35 heavy (non-hydrogen) atoms. The first-order valence-electron chi connectivity index (χ1n) is 10.8. The van der Waals surface area contributed by atoms with Crippen LogP contribution in [0.1, 0.15) is 11.1 Å². The number of para-hydroxylation sites is 1. The fraction of sp³-hybridized carbons (Fsp3) is 0.160. The number of rotatable bonds is 6.